The van der Waals surface area contributed by atoms with Gasteiger partial charge in [0.1, 0.15) is 41.9 Å². The summed E-state index contributed by atoms with van der Waals surface area (Å²) in [7, 11) is 0. The van der Waals surface area contributed by atoms with Crippen molar-refractivity contribution < 1.29 is 33.8 Å². The molecule has 0 aliphatic carbocycles. The highest BCUT2D eigenvalue weighted by molar-refractivity contribution is 7.00. The van der Waals surface area contributed by atoms with Gasteiger partial charge in [0.15, 0.2) is 0 Å². The van der Waals surface area contributed by atoms with E-state index >= 15 is 4.39 Å². The number of benzene rings is 4. The summed E-state index contributed by atoms with van der Waals surface area (Å²) < 4.78 is 35.6. The third-order valence-corrected chi connectivity index (χ3v) is 7.17. The molecule has 0 aliphatic heterocycles. The highest BCUT2D eigenvalue weighted by Crippen LogP contribution is 2.36. The molecule has 3 N–H and O–H groups in total. The molecular formula is C30H25FN4O7S. The molecule has 1 unspecified atom stereocenters. The monoisotopic (exact) mass is 604 g/mol. The topological polar surface area (TPSA) is 157 Å². The molecule has 0 spiro atoms. The van der Waals surface area contributed by atoms with Crippen molar-refractivity contribution in [1.29, 1.82) is 0 Å². The minimum Gasteiger partial charge on any atom is -0.488 e. The largest absolute Gasteiger partial charge is 0.488 e. The third-order valence-electron chi connectivity index (χ3n) is 6.62. The molecule has 5 aromatic rings. The molecule has 1 heterocycles. The minimum absolute atomic E-state index is 0.0494. The van der Waals surface area contributed by atoms with Crippen LogP contribution in [-0.4, -0.2) is 42.5 Å². The van der Waals surface area contributed by atoms with Gasteiger partial charge in [-0.3, -0.25) is 20.2 Å². The van der Waals surface area contributed by atoms with E-state index in [4.69, 9.17) is 9.47 Å². The zero-order valence-corrected chi connectivity index (χ0v) is 23.3. The lowest BCUT2D eigenvalue weighted by atomic mass is 10.0. The second-order valence-corrected chi connectivity index (χ2v) is 9.98. The van der Waals surface area contributed by atoms with E-state index in [-0.39, 0.29) is 42.4 Å². The molecule has 0 bridgehead atoms. The summed E-state index contributed by atoms with van der Waals surface area (Å²) in [4.78, 5) is 22.8. The number of carbonyl (C=O) groups is 1. The smallest absolute Gasteiger partial charge is 0.323 e. The summed E-state index contributed by atoms with van der Waals surface area (Å²) in [6.45, 7) is -1.11. The Morgan fingerprint density at radius 2 is 1.72 bits per heavy atom. The van der Waals surface area contributed by atoms with E-state index in [1.54, 1.807) is 54.6 Å². The number of ether oxygens (including phenoxy) is 2. The fourth-order valence-electron chi connectivity index (χ4n) is 4.35. The maximum Gasteiger partial charge on any atom is 0.323 e. The molecule has 0 saturated carbocycles. The first-order valence-electron chi connectivity index (χ1n) is 13.0. The molecule has 0 saturated heterocycles. The number of nitro benzene ring substituents is 1. The Bertz CT molecular complexity index is 1770. The molecule has 1 aromatic heterocycles. The first-order chi connectivity index (χ1) is 20.8. The molecular weight excluding hydrogens is 579 g/mol. The number of nitrogens with zero attached hydrogens (tertiary/aromatic N) is 3. The highest BCUT2D eigenvalue weighted by atomic mass is 32.1. The van der Waals surface area contributed by atoms with Crippen molar-refractivity contribution in [3.8, 4) is 22.6 Å². The van der Waals surface area contributed by atoms with Crippen molar-refractivity contribution in [3.05, 3.63) is 111 Å². The van der Waals surface area contributed by atoms with Gasteiger partial charge in [-0.2, -0.15) is 8.75 Å². The Kier molecular flexibility index (Phi) is 9.15. The van der Waals surface area contributed by atoms with Crippen molar-refractivity contribution in [1.82, 2.24) is 14.1 Å². The summed E-state index contributed by atoms with van der Waals surface area (Å²) >= 11 is 1.08. The van der Waals surface area contributed by atoms with Crippen LogP contribution in [-0.2, 0) is 24.6 Å². The summed E-state index contributed by atoms with van der Waals surface area (Å²) in [6, 6.07) is 20.4. The lowest BCUT2D eigenvalue weighted by Crippen LogP contribution is -2.39. The number of nitro groups is 1. The Labute approximate surface area is 248 Å². The second-order valence-electron chi connectivity index (χ2n) is 9.45. The third kappa shape index (κ3) is 6.92. The molecule has 13 heteroatoms. The van der Waals surface area contributed by atoms with Crippen molar-refractivity contribution in [2.45, 2.75) is 25.8 Å². The Morgan fingerprint density at radius 1 is 0.953 bits per heavy atom. The number of aliphatic carboxylic acids is 1. The summed E-state index contributed by atoms with van der Waals surface area (Å²) in [5.74, 6) is -1.79. The van der Waals surface area contributed by atoms with Crippen LogP contribution in [0.15, 0.2) is 78.9 Å². The predicted octanol–water partition coefficient (Wildman–Crippen LogP) is 5.10. The summed E-state index contributed by atoms with van der Waals surface area (Å²) in [5.41, 5.74) is 3.24. The number of carboxylic acids is 1. The van der Waals surface area contributed by atoms with Gasteiger partial charge in [-0.05, 0) is 23.3 Å². The van der Waals surface area contributed by atoms with E-state index < -0.39 is 35.0 Å². The van der Waals surface area contributed by atoms with Crippen molar-refractivity contribution in [2.24, 2.45) is 0 Å². The van der Waals surface area contributed by atoms with E-state index in [0.29, 0.717) is 16.6 Å². The predicted molar refractivity (Wildman–Crippen MR) is 156 cm³/mol. The maximum atomic E-state index is 15.4. The van der Waals surface area contributed by atoms with E-state index in [1.165, 1.54) is 18.2 Å². The zero-order valence-electron chi connectivity index (χ0n) is 22.5. The summed E-state index contributed by atoms with van der Waals surface area (Å²) in [6.07, 6.45) is 0. The molecule has 5 rings (SSSR count). The first-order valence-corrected chi connectivity index (χ1v) is 13.7. The van der Waals surface area contributed by atoms with Crippen LogP contribution >= 0.6 is 11.7 Å². The van der Waals surface area contributed by atoms with E-state index in [2.05, 4.69) is 14.1 Å². The molecule has 0 amide bonds. The van der Waals surface area contributed by atoms with Crippen LogP contribution < -0.4 is 14.8 Å². The maximum absolute atomic E-state index is 15.4. The molecule has 4 aromatic carbocycles. The molecule has 43 heavy (non-hydrogen) atoms. The van der Waals surface area contributed by atoms with E-state index in [9.17, 15) is 25.1 Å². The Morgan fingerprint density at radius 3 is 2.47 bits per heavy atom. The normalized spacial score (nSPS) is 11.8. The fourth-order valence-corrected chi connectivity index (χ4v) is 4.87. The van der Waals surface area contributed by atoms with Gasteiger partial charge in [-0.1, -0.05) is 54.6 Å². The first kappa shape index (κ1) is 29.5. The van der Waals surface area contributed by atoms with Gasteiger partial charge >= 0.3 is 11.7 Å². The number of halogens is 1. The number of aliphatic hydroxyl groups is 1. The van der Waals surface area contributed by atoms with E-state index in [1.807, 2.05) is 6.07 Å². The fraction of sp³-hybridized carbons (Fsp3) is 0.167. The van der Waals surface area contributed by atoms with Crippen molar-refractivity contribution in [2.75, 3.05) is 6.61 Å². The average molecular weight is 605 g/mol. The van der Waals surface area contributed by atoms with Gasteiger partial charge in [0, 0.05) is 35.4 Å². The molecule has 0 fully saturated rings. The Hall–Kier alpha value is -4.98. The number of aliphatic hydroxyl groups excluding tert-OH is 1. The number of carboxylic acid groups (broad SMARTS) is 1. The number of hydrogen-bond donors (Lipinski definition) is 3. The van der Waals surface area contributed by atoms with Crippen LogP contribution in [0.5, 0.6) is 11.5 Å². The van der Waals surface area contributed by atoms with Crippen LogP contribution in [0.4, 0.5) is 10.1 Å². The lowest BCUT2D eigenvalue weighted by molar-refractivity contribution is -0.386. The van der Waals surface area contributed by atoms with Gasteiger partial charge in [-0.25, -0.2) is 4.39 Å². The number of hydrogen-bond acceptors (Lipinski definition) is 10. The molecule has 0 radical (unpaired) electrons. The number of rotatable bonds is 13. The second kappa shape index (κ2) is 13.3. The van der Waals surface area contributed by atoms with Gasteiger partial charge < -0.3 is 19.7 Å². The minimum atomic E-state index is -1.30. The SMILES string of the molecule is O=C(O)C(CO)NCc1cc([N+](=O)[O-])c(OCc2cccc(-c3ccccc3)c2F)cc1OCc1ccc2nsnc2c1. The van der Waals surface area contributed by atoms with Crippen LogP contribution in [0, 0.1) is 15.9 Å². The van der Waals surface area contributed by atoms with Gasteiger partial charge in [-0.15, -0.1) is 0 Å². The van der Waals surface area contributed by atoms with Gasteiger partial charge in [0.25, 0.3) is 0 Å². The molecule has 0 aliphatic rings. The molecule has 1 atom stereocenters. The van der Waals surface area contributed by atoms with Crippen LogP contribution in [0.2, 0.25) is 0 Å². The van der Waals surface area contributed by atoms with Gasteiger partial charge in [0.2, 0.25) is 5.75 Å². The number of nitrogens with one attached hydrogen (secondary N) is 1. The number of fused-ring (bicyclic) bond motifs is 1. The van der Waals surface area contributed by atoms with Crippen LogP contribution in [0.25, 0.3) is 22.2 Å². The highest BCUT2D eigenvalue weighted by Gasteiger charge is 2.23. The zero-order chi connectivity index (χ0) is 30.3. The standard InChI is InChI=1S/C30H25FN4O7S/c31-29-20(7-4-8-22(29)19-5-2-1-3-6-19)17-42-28-13-27(41-16-18-9-10-23-24(11-18)34-43-33-23)21(12-26(28)35(39)40)14-32-25(15-36)30(37)38/h1-13,25,32,36H,14-17H2,(H,37,38). The average Bonchev–Trinajstić information content (AvgIpc) is 3.48. The molecule has 11 nitrogen and oxygen atoms in total. The number of aromatic nitrogens is 2. The van der Waals surface area contributed by atoms with Crippen LogP contribution in [0.1, 0.15) is 16.7 Å². The van der Waals surface area contributed by atoms with Crippen molar-refractivity contribution in [3.63, 3.8) is 0 Å². The Balaban J connectivity index is 1.44. The lowest BCUT2D eigenvalue weighted by Gasteiger charge is -2.17. The van der Waals surface area contributed by atoms with Crippen LogP contribution in [0.3, 0.4) is 0 Å². The summed E-state index contributed by atoms with van der Waals surface area (Å²) in [5, 5.41) is 33.4. The molecule has 220 valence electrons. The van der Waals surface area contributed by atoms with Gasteiger partial charge in [0.05, 0.1) is 23.3 Å². The van der Waals surface area contributed by atoms with Crippen molar-refractivity contribution >= 4 is 34.4 Å². The van der Waals surface area contributed by atoms with E-state index in [0.717, 1.165) is 22.8 Å². The quantitative estimate of drug-likeness (QED) is 0.122.